The standard InChI is InChI=1S/C22H31N3O2/c1-23(15-17-7-6-13-24-12-4-3-8-19(17)24)22(26)16-25-14-11-18-20(25)9-5-10-21(18)27-2/h5,9-11,14,17,19H,3-4,6-8,12-13,15-16H2,1-2H3/t17-,19+/m0/s1. The molecule has 0 aliphatic carbocycles. The molecule has 0 bridgehead atoms. The average molecular weight is 370 g/mol. The van der Waals surface area contributed by atoms with E-state index in [0.717, 1.165) is 23.2 Å². The number of methoxy groups -OCH3 is 1. The average Bonchev–Trinajstić information content (AvgIpc) is 3.11. The van der Waals surface area contributed by atoms with Crippen molar-refractivity contribution in [1.82, 2.24) is 14.4 Å². The number of carbonyl (C=O) groups excluding carboxylic acids is 1. The Morgan fingerprint density at radius 2 is 2.04 bits per heavy atom. The van der Waals surface area contributed by atoms with E-state index in [4.69, 9.17) is 4.74 Å². The molecule has 2 aromatic rings. The Kier molecular flexibility index (Phi) is 5.39. The van der Waals surface area contributed by atoms with E-state index >= 15 is 0 Å². The van der Waals surface area contributed by atoms with Gasteiger partial charge < -0.3 is 19.1 Å². The fourth-order valence-electron chi connectivity index (χ4n) is 5.02. The molecule has 0 radical (unpaired) electrons. The molecule has 0 unspecified atom stereocenters. The number of hydrogen-bond donors (Lipinski definition) is 0. The van der Waals surface area contributed by atoms with Crippen LogP contribution in [0.25, 0.3) is 10.9 Å². The molecule has 2 saturated heterocycles. The number of hydrogen-bond acceptors (Lipinski definition) is 3. The number of amides is 1. The predicted molar refractivity (Wildman–Crippen MR) is 108 cm³/mol. The molecule has 1 amide bonds. The molecule has 0 N–H and O–H groups in total. The summed E-state index contributed by atoms with van der Waals surface area (Å²) in [5, 5.41) is 1.06. The summed E-state index contributed by atoms with van der Waals surface area (Å²) in [6.45, 7) is 3.75. The van der Waals surface area contributed by atoms with Gasteiger partial charge in [-0.2, -0.15) is 0 Å². The van der Waals surface area contributed by atoms with Gasteiger partial charge in [-0.05, 0) is 62.9 Å². The fourth-order valence-corrected chi connectivity index (χ4v) is 5.02. The molecule has 0 saturated carbocycles. The third-order valence-corrected chi connectivity index (χ3v) is 6.46. The van der Waals surface area contributed by atoms with E-state index in [9.17, 15) is 4.79 Å². The number of likely N-dealkylation sites (N-methyl/N-ethyl adjacent to an activating group) is 1. The van der Waals surface area contributed by atoms with Gasteiger partial charge >= 0.3 is 0 Å². The van der Waals surface area contributed by atoms with Crippen LogP contribution >= 0.6 is 0 Å². The minimum absolute atomic E-state index is 0.184. The van der Waals surface area contributed by atoms with Gasteiger partial charge in [0.15, 0.2) is 0 Å². The van der Waals surface area contributed by atoms with Gasteiger partial charge in [-0.3, -0.25) is 4.79 Å². The van der Waals surface area contributed by atoms with Crippen LogP contribution in [0.4, 0.5) is 0 Å². The van der Waals surface area contributed by atoms with Crippen LogP contribution in [-0.2, 0) is 11.3 Å². The summed E-state index contributed by atoms with van der Waals surface area (Å²) < 4.78 is 7.46. The van der Waals surface area contributed by atoms with Crippen molar-refractivity contribution in [3.05, 3.63) is 30.5 Å². The van der Waals surface area contributed by atoms with Crippen LogP contribution in [0.1, 0.15) is 32.1 Å². The third-order valence-electron chi connectivity index (χ3n) is 6.46. The van der Waals surface area contributed by atoms with E-state index in [0.29, 0.717) is 18.5 Å². The van der Waals surface area contributed by atoms with Gasteiger partial charge in [0.05, 0.1) is 12.6 Å². The second kappa shape index (κ2) is 7.93. The molecular formula is C22H31N3O2. The topological polar surface area (TPSA) is 37.7 Å². The summed E-state index contributed by atoms with van der Waals surface area (Å²) in [6, 6.07) is 8.69. The van der Waals surface area contributed by atoms with E-state index in [2.05, 4.69) is 4.90 Å². The Morgan fingerprint density at radius 3 is 2.89 bits per heavy atom. The zero-order valence-electron chi connectivity index (χ0n) is 16.6. The van der Waals surface area contributed by atoms with Crippen molar-refractivity contribution in [1.29, 1.82) is 0 Å². The van der Waals surface area contributed by atoms with Crippen LogP contribution in [0, 0.1) is 5.92 Å². The first-order chi connectivity index (χ1) is 13.2. The van der Waals surface area contributed by atoms with Gasteiger partial charge in [-0.1, -0.05) is 12.5 Å². The van der Waals surface area contributed by atoms with Crippen molar-refractivity contribution in [2.75, 3.05) is 33.8 Å². The van der Waals surface area contributed by atoms with Crippen molar-refractivity contribution < 1.29 is 9.53 Å². The highest BCUT2D eigenvalue weighted by molar-refractivity contribution is 5.88. The fraction of sp³-hybridized carbons (Fsp3) is 0.591. The van der Waals surface area contributed by atoms with Gasteiger partial charge in [0.1, 0.15) is 12.3 Å². The Bertz CT molecular complexity index is 798. The first kappa shape index (κ1) is 18.4. The molecule has 5 nitrogen and oxygen atoms in total. The zero-order valence-corrected chi connectivity index (χ0v) is 16.6. The summed E-state index contributed by atoms with van der Waals surface area (Å²) in [4.78, 5) is 17.5. The van der Waals surface area contributed by atoms with Crippen molar-refractivity contribution >= 4 is 16.8 Å². The first-order valence-electron chi connectivity index (χ1n) is 10.3. The molecule has 27 heavy (non-hydrogen) atoms. The van der Waals surface area contributed by atoms with E-state index < -0.39 is 0 Å². The van der Waals surface area contributed by atoms with E-state index in [1.165, 1.54) is 45.2 Å². The number of fused-ring (bicyclic) bond motifs is 2. The highest BCUT2D eigenvalue weighted by Crippen LogP contribution is 2.31. The molecule has 2 atom stereocenters. The van der Waals surface area contributed by atoms with Gasteiger partial charge in [-0.25, -0.2) is 0 Å². The summed E-state index contributed by atoms with van der Waals surface area (Å²) >= 11 is 0. The number of carbonyl (C=O) groups is 1. The Morgan fingerprint density at radius 1 is 1.19 bits per heavy atom. The molecule has 1 aromatic carbocycles. The SMILES string of the molecule is COc1cccc2c1ccn2CC(=O)N(C)C[C@@H]1CCCN2CCCC[C@H]12. The molecule has 2 fully saturated rings. The molecule has 0 spiro atoms. The lowest BCUT2D eigenvalue weighted by Gasteiger charge is -2.45. The lowest BCUT2D eigenvalue weighted by atomic mass is 9.83. The van der Waals surface area contributed by atoms with Crippen LogP contribution in [0.3, 0.4) is 0 Å². The zero-order chi connectivity index (χ0) is 18.8. The summed E-state index contributed by atoms with van der Waals surface area (Å²) in [6.07, 6.45) is 8.49. The number of ether oxygens (including phenoxy) is 1. The largest absolute Gasteiger partial charge is 0.496 e. The van der Waals surface area contributed by atoms with Crippen molar-refractivity contribution in [3.63, 3.8) is 0 Å². The number of benzene rings is 1. The van der Waals surface area contributed by atoms with Crippen molar-refractivity contribution in [2.45, 2.75) is 44.7 Å². The van der Waals surface area contributed by atoms with Gasteiger partial charge in [0.2, 0.25) is 5.91 Å². The van der Waals surface area contributed by atoms with Crippen molar-refractivity contribution in [3.8, 4) is 5.75 Å². The lowest BCUT2D eigenvalue weighted by molar-refractivity contribution is -0.131. The second-order valence-electron chi connectivity index (χ2n) is 8.11. The molecule has 2 aliphatic heterocycles. The molecule has 5 heteroatoms. The number of rotatable bonds is 5. The Labute approximate surface area is 161 Å². The Balaban J connectivity index is 1.42. The monoisotopic (exact) mass is 369 g/mol. The Hall–Kier alpha value is -2.01. The quantitative estimate of drug-likeness (QED) is 0.811. The molecule has 1 aromatic heterocycles. The highest BCUT2D eigenvalue weighted by Gasteiger charge is 2.34. The maximum absolute atomic E-state index is 12.9. The van der Waals surface area contributed by atoms with E-state index in [1.54, 1.807) is 7.11 Å². The van der Waals surface area contributed by atoms with Gasteiger partial charge in [0, 0.05) is 31.2 Å². The number of piperidine rings is 2. The molecular weight excluding hydrogens is 338 g/mol. The minimum atomic E-state index is 0.184. The number of aromatic nitrogens is 1. The predicted octanol–water partition coefficient (Wildman–Crippen LogP) is 3.37. The smallest absolute Gasteiger partial charge is 0.242 e. The van der Waals surface area contributed by atoms with Crippen LogP contribution in [0.15, 0.2) is 30.5 Å². The minimum Gasteiger partial charge on any atom is -0.496 e. The van der Waals surface area contributed by atoms with E-state index in [-0.39, 0.29) is 5.91 Å². The van der Waals surface area contributed by atoms with Gasteiger partial charge in [-0.15, -0.1) is 0 Å². The molecule has 2 aliphatic rings. The van der Waals surface area contributed by atoms with Crippen LogP contribution in [0.2, 0.25) is 0 Å². The third kappa shape index (κ3) is 3.70. The summed E-state index contributed by atoms with van der Waals surface area (Å²) in [5.41, 5.74) is 1.05. The molecule has 146 valence electrons. The van der Waals surface area contributed by atoms with Crippen molar-refractivity contribution in [2.24, 2.45) is 5.92 Å². The molecule has 3 heterocycles. The summed E-state index contributed by atoms with van der Waals surface area (Å²) in [5.74, 6) is 1.66. The van der Waals surface area contributed by atoms with Crippen LogP contribution in [0.5, 0.6) is 5.75 Å². The second-order valence-corrected chi connectivity index (χ2v) is 8.11. The summed E-state index contributed by atoms with van der Waals surface area (Å²) in [7, 11) is 3.65. The number of nitrogens with zero attached hydrogens (tertiary/aromatic N) is 3. The first-order valence-corrected chi connectivity index (χ1v) is 10.3. The normalized spacial score (nSPS) is 23.2. The van der Waals surface area contributed by atoms with Crippen LogP contribution in [-0.4, -0.2) is 60.1 Å². The molecule has 4 rings (SSSR count). The lowest BCUT2D eigenvalue weighted by Crippen LogP contribution is -2.51. The van der Waals surface area contributed by atoms with Crippen LogP contribution < -0.4 is 4.74 Å². The maximum atomic E-state index is 12.9. The van der Waals surface area contributed by atoms with Gasteiger partial charge in [0.25, 0.3) is 0 Å². The maximum Gasteiger partial charge on any atom is 0.242 e. The highest BCUT2D eigenvalue weighted by atomic mass is 16.5. The van der Waals surface area contributed by atoms with E-state index in [1.807, 2.05) is 47.0 Å².